The molecule has 0 aliphatic carbocycles. The molecule has 1 amide bonds. The van der Waals surface area contributed by atoms with Crippen LogP contribution in [0, 0.1) is 0 Å². The van der Waals surface area contributed by atoms with Gasteiger partial charge in [-0.15, -0.1) is 13.2 Å². The summed E-state index contributed by atoms with van der Waals surface area (Å²) in [6.07, 6.45) is 1.88. The van der Waals surface area contributed by atoms with E-state index in [0.29, 0.717) is 0 Å². The Morgan fingerprint density at radius 1 is 1.19 bits per heavy atom. The average molecular weight is 305 g/mol. The van der Waals surface area contributed by atoms with Crippen LogP contribution in [0.3, 0.4) is 0 Å². The van der Waals surface area contributed by atoms with Crippen LogP contribution in [-0.2, 0) is 4.74 Å². The van der Waals surface area contributed by atoms with Crippen LogP contribution in [0.2, 0.25) is 0 Å². The van der Waals surface area contributed by atoms with Crippen molar-refractivity contribution in [2.45, 2.75) is 67.9 Å². The van der Waals surface area contributed by atoms with Crippen molar-refractivity contribution in [1.82, 2.24) is 10.2 Å². The SMILES string of the molecule is C.C=C.CC.CC.CCCC(C)OC(=O)N1CCNCC1. The van der Waals surface area contributed by atoms with E-state index in [9.17, 15) is 4.79 Å². The standard InChI is InChI=1S/C10H20N2O2.2C2H6.C2H4.CH4/c1-3-4-9(2)14-10(13)12-7-5-11-6-8-12;3*1-2;/h9,11H,3-8H2,1-2H3;2*1-2H3;1-2H2;1H4. The van der Waals surface area contributed by atoms with Crippen molar-refractivity contribution in [3.8, 4) is 0 Å². The molecule has 4 heteroatoms. The summed E-state index contributed by atoms with van der Waals surface area (Å²) in [5.74, 6) is 0. The van der Waals surface area contributed by atoms with E-state index in [-0.39, 0.29) is 19.6 Å². The Morgan fingerprint density at radius 2 is 1.62 bits per heavy atom. The summed E-state index contributed by atoms with van der Waals surface area (Å²) in [5.41, 5.74) is 0. The number of carbonyl (C=O) groups is 1. The van der Waals surface area contributed by atoms with Gasteiger partial charge in [0.05, 0.1) is 0 Å². The van der Waals surface area contributed by atoms with Crippen molar-refractivity contribution < 1.29 is 9.53 Å². The maximum atomic E-state index is 11.6. The van der Waals surface area contributed by atoms with Gasteiger partial charge < -0.3 is 15.0 Å². The molecule has 0 aromatic rings. The molecule has 1 aliphatic heterocycles. The first-order chi connectivity index (χ1) is 9.74. The first-order valence-corrected chi connectivity index (χ1v) is 7.90. The van der Waals surface area contributed by atoms with E-state index in [4.69, 9.17) is 4.74 Å². The molecule has 1 aliphatic rings. The third kappa shape index (κ3) is 16.9. The Morgan fingerprint density at radius 3 is 2.00 bits per heavy atom. The highest BCUT2D eigenvalue weighted by Crippen LogP contribution is 2.05. The molecular weight excluding hydrogens is 264 g/mol. The van der Waals surface area contributed by atoms with Crippen molar-refractivity contribution >= 4 is 6.09 Å². The highest BCUT2D eigenvalue weighted by molar-refractivity contribution is 5.67. The van der Waals surface area contributed by atoms with Crippen LogP contribution < -0.4 is 5.32 Å². The number of nitrogens with one attached hydrogen (secondary N) is 1. The zero-order valence-electron chi connectivity index (χ0n) is 14.5. The van der Waals surface area contributed by atoms with Gasteiger partial charge in [-0.25, -0.2) is 4.79 Å². The maximum Gasteiger partial charge on any atom is 0.410 e. The Labute approximate surface area is 133 Å². The molecular formula is C17H40N2O2. The van der Waals surface area contributed by atoms with Crippen LogP contribution in [0.25, 0.3) is 0 Å². The lowest BCUT2D eigenvalue weighted by Crippen LogP contribution is -2.47. The molecule has 1 unspecified atom stereocenters. The average Bonchev–Trinajstić information content (AvgIpc) is 2.54. The second-order valence-electron chi connectivity index (χ2n) is 3.72. The van der Waals surface area contributed by atoms with Crippen LogP contribution in [0.15, 0.2) is 13.2 Å². The predicted molar refractivity (Wildman–Crippen MR) is 96.0 cm³/mol. The van der Waals surface area contributed by atoms with Gasteiger partial charge in [-0.1, -0.05) is 48.5 Å². The highest BCUT2D eigenvalue weighted by atomic mass is 16.6. The van der Waals surface area contributed by atoms with E-state index in [1.165, 1.54) is 0 Å². The van der Waals surface area contributed by atoms with Crippen LogP contribution in [-0.4, -0.2) is 43.3 Å². The normalized spacial score (nSPS) is 13.5. The summed E-state index contributed by atoms with van der Waals surface area (Å²) in [6, 6.07) is 0. The largest absolute Gasteiger partial charge is 0.446 e. The monoisotopic (exact) mass is 304 g/mol. The van der Waals surface area contributed by atoms with Gasteiger partial charge in [0.15, 0.2) is 0 Å². The minimum absolute atomic E-state index is 0. The fourth-order valence-corrected chi connectivity index (χ4v) is 1.56. The minimum Gasteiger partial charge on any atom is -0.446 e. The number of hydrogen-bond donors (Lipinski definition) is 1. The molecule has 4 nitrogen and oxygen atoms in total. The molecule has 1 saturated heterocycles. The second-order valence-corrected chi connectivity index (χ2v) is 3.72. The molecule has 1 N–H and O–H groups in total. The van der Waals surface area contributed by atoms with Gasteiger partial charge in [0, 0.05) is 26.2 Å². The molecule has 130 valence electrons. The Bertz CT molecular complexity index is 193. The molecule has 0 aromatic carbocycles. The zero-order valence-corrected chi connectivity index (χ0v) is 14.5. The predicted octanol–water partition coefficient (Wildman–Crippen LogP) is 4.71. The van der Waals surface area contributed by atoms with Crippen molar-refractivity contribution in [1.29, 1.82) is 0 Å². The Balaban J connectivity index is -0.000000183. The van der Waals surface area contributed by atoms with E-state index in [0.717, 1.165) is 39.0 Å². The summed E-state index contributed by atoms with van der Waals surface area (Å²) in [5, 5.41) is 3.20. The van der Waals surface area contributed by atoms with Gasteiger partial charge in [0.1, 0.15) is 6.10 Å². The molecule has 0 bridgehead atoms. The molecule has 0 radical (unpaired) electrons. The summed E-state index contributed by atoms with van der Waals surface area (Å²) >= 11 is 0. The smallest absolute Gasteiger partial charge is 0.410 e. The number of carbonyl (C=O) groups excluding carboxylic acids is 1. The van der Waals surface area contributed by atoms with Crippen molar-refractivity contribution in [2.75, 3.05) is 26.2 Å². The maximum absolute atomic E-state index is 11.6. The molecule has 21 heavy (non-hydrogen) atoms. The van der Waals surface area contributed by atoms with Crippen LogP contribution in [0.5, 0.6) is 0 Å². The minimum atomic E-state index is -0.160. The number of piperazine rings is 1. The zero-order chi connectivity index (χ0) is 16.4. The number of amides is 1. The number of hydrogen-bond acceptors (Lipinski definition) is 3. The van der Waals surface area contributed by atoms with E-state index in [1.807, 2.05) is 34.6 Å². The summed E-state index contributed by atoms with van der Waals surface area (Å²) in [4.78, 5) is 13.3. The van der Waals surface area contributed by atoms with E-state index in [1.54, 1.807) is 4.90 Å². The van der Waals surface area contributed by atoms with Gasteiger partial charge in [-0.2, -0.15) is 0 Å². The van der Waals surface area contributed by atoms with Gasteiger partial charge >= 0.3 is 6.09 Å². The van der Waals surface area contributed by atoms with Gasteiger partial charge in [0.25, 0.3) is 0 Å². The quantitative estimate of drug-likeness (QED) is 0.768. The summed E-state index contributed by atoms with van der Waals surface area (Å²) in [6.45, 7) is 21.3. The molecule has 0 aromatic heterocycles. The lowest BCUT2D eigenvalue weighted by molar-refractivity contribution is 0.0630. The summed E-state index contributed by atoms with van der Waals surface area (Å²) < 4.78 is 5.29. The summed E-state index contributed by atoms with van der Waals surface area (Å²) in [7, 11) is 0. The Kier molecular flexibility index (Phi) is 32.2. The molecule has 1 rings (SSSR count). The lowest BCUT2D eigenvalue weighted by atomic mass is 10.2. The molecule has 1 fully saturated rings. The molecule has 1 atom stereocenters. The molecule has 0 saturated carbocycles. The van der Waals surface area contributed by atoms with Crippen LogP contribution >= 0.6 is 0 Å². The first-order valence-electron chi connectivity index (χ1n) is 7.90. The third-order valence-corrected chi connectivity index (χ3v) is 2.37. The first kappa shape index (κ1) is 28.2. The lowest BCUT2D eigenvalue weighted by Gasteiger charge is -2.27. The third-order valence-electron chi connectivity index (χ3n) is 2.37. The number of rotatable bonds is 3. The van der Waals surface area contributed by atoms with Crippen molar-refractivity contribution in [3.63, 3.8) is 0 Å². The van der Waals surface area contributed by atoms with Crippen LogP contribution in [0.1, 0.15) is 61.8 Å². The van der Waals surface area contributed by atoms with Gasteiger partial charge in [-0.05, 0) is 13.3 Å². The van der Waals surface area contributed by atoms with Gasteiger partial charge in [-0.3, -0.25) is 0 Å². The van der Waals surface area contributed by atoms with Crippen molar-refractivity contribution in [3.05, 3.63) is 13.2 Å². The van der Waals surface area contributed by atoms with E-state index < -0.39 is 0 Å². The number of nitrogens with zero attached hydrogens (tertiary/aromatic N) is 1. The van der Waals surface area contributed by atoms with E-state index >= 15 is 0 Å². The molecule has 1 heterocycles. The molecule has 0 spiro atoms. The van der Waals surface area contributed by atoms with E-state index in [2.05, 4.69) is 25.4 Å². The fraction of sp³-hybridized carbons (Fsp3) is 0.824. The number of ether oxygens (including phenoxy) is 1. The second kappa shape index (κ2) is 24.0. The van der Waals surface area contributed by atoms with Crippen molar-refractivity contribution in [2.24, 2.45) is 0 Å². The Hall–Kier alpha value is -1.03. The van der Waals surface area contributed by atoms with Gasteiger partial charge in [0.2, 0.25) is 0 Å². The highest BCUT2D eigenvalue weighted by Gasteiger charge is 2.18. The topological polar surface area (TPSA) is 41.6 Å². The van der Waals surface area contributed by atoms with Crippen LogP contribution in [0.4, 0.5) is 4.79 Å². The fourth-order valence-electron chi connectivity index (χ4n) is 1.56.